The lowest BCUT2D eigenvalue weighted by Crippen LogP contribution is -2.10. The number of furan rings is 1. The first-order valence-electron chi connectivity index (χ1n) is 9.32. The summed E-state index contributed by atoms with van der Waals surface area (Å²) in [6.07, 6.45) is 3.40. The van der Waals surface area contributed by atoms with Crippen LogP contribution in [0.2, 0.25) is 0 Å². The smallest absolute Gasteiger partial charge is 0.291 e. The topological polar surface area (TPSA) is 69.3 Å². The third-order valence-electron chi connectivity index (χ3n) is 4.43. The van der Waals surface area contributed by atoms with Crippen molar-refractivity contribution in [2.24, 2.45) is 0 Å². The van der Waals surface area contributed by atoms with Crippen molar-refractivity contribution in [2.45, 2.75) is 20.1 Å². The molecule has 6 nitrogen and oxygen atoms in total. The number of anilines is 1. The van der Waals surface area contributed by atoms with Crippen molar-refractivity contribution in [1.29, 1.82) is 0 Å². The summed E-state index contributed by atoms with van der Waals surface area (Å²) in [7, 11) is 0. The van der Waals surface area contributed by atoms with Crippen molar-refractivity contribution in [1.82, 2.24) is 9.78 Å². The van der Waals surface area contributed by atoms with E-state index in [1.807, 2.05) is 61.5 Å². The molecule has 6 heteroatoms. The second kappa shape index (κ2) is 8.48. The fourth-order valence-electron chi connectivity index (χ4n) is 2.92. The highest BCUT2D eigenvalue weighted by molar-refractivity contribution is 6.02. The van der Waals surface area contributed by atoms with E-state index < -0.39 is 0 Å². The molecule has 2 heterocycles. The van der Waals surface area contributed by atoms with Crippen LogP contribution in [0.25, 0.3) is 0 Å². The predicted octanol–water partition coefficient (Wildman–Crippen LogP) is 4.66. The van der Waals surface area contributed by atoms with Gasteiger partial charge in [-0.3, -0.25) is 9.48 Å². The molecule has 0 spiro atoms. The average Bonchev–Trinajstić information content (AvgIpc) is 3.38. The molecule has 0 unspecified atom stereocenters. The van der Waals surface area contributed by atoms with Gasteiger partial charge in [0, 0.05) is 6.20 Å². The van der Waals surface area contributed by atoms with Crippen molar-refractivity contribution >= 4 is 11.6 Å². The van der Waals surface area contributed by atoms with E-state index in [0.29, 0.717) is 18.0 Å². The molecule has 0 fully saturated rings. The van der Waals surface area contributed by atoms with Gasteiger partial charge in [0.25, 0.3) is 5.91 Å². The number of carbonyl (C=O) groups excluding carboxylic acids is 1. The molecule has 1 N–H and O–H groups in total. The van der Waals surface area contributed by atoms with Gasteiger partial charge in [-0.05, 0) is 36.2 Å². The van der Waals surface area contributed by atoms with Gasteiger partial charge in [0.1, 0.15) is 18.1 Å². The fourth-order valence-corrected chi connectivity index (χ4v) is 2.92. The number of nitrogens with one attached hydrogen (secondary N) is 1. The molecule has 146 valence electrons. The number of nitrogens with zero attached hydrogens (tertiary/aromatic N) is 2. The summed E-state index contributed by atoms with van der Waals surface area (Å²) in [6.45, 7) is 2.87. The molecule has 0 radical (unpaired) electrons. The quantitative estimate of drug-likeness (QED) is 0.501. The van der Waals surface area contributed by atoms with Crippen molar-refractivity contribution in [3.8, 4) is 5.75 Å². The molecule has 1 amide bonds. The van der Waals surface area contributed by atoms with E-state index in [4.69, 9.17) is 9.15 Å². The van der Waals surface area contributed by atoms with E-state index in [1.165, 1.54) is 0 Å². The monoisotopic (exact) mass is 387 g/mol. The number of aryl methyl sites for hydroxylation is 1. The molecule has 4 rings (SSSR count). The predicted molar refractivity (Wildman–Crippen MR) is 110 cm³/mol. The maximum absolute atomic E-state index is 12.4. The zero-order valence-corrected chi connectivity index (χ0v) is 16.0. The first-order valence-corrected chi connectivity index (χ1v) is 9.32. The lowest BCUT2D eigenvalue weighted by Gasteiger charge is -2.06. The van der Waals surface area contributed by atoms with Gasteiger partial charge in [-0.1, -0.05) is 48.5 Å². The molecule has 0 aliphatic carbocycles. The maximum Gasteiger partial charge on any atom is 0.291 e. The third kappa shape index (κ3) is 4.73. The summed E-state index contributed by atoms with van der Waals surface area (Å²) >= 11 is 0. The van der Waals surface area contributed by atoms with E-state index in [1.54, 1.807) is 29.2 Å². The Bertz CT molecular complexity index is 1100. The Labute approximate surface area is 168 Å². The Balaban J connectivity index is 1.34. The number of hydrogen-bond donors (Lipinski definition) is 1. The number of ether oxygens (including phenoxy) is 1. The second-order valence-electron chi connectivity index (χ2n) is 6.69. The van der Waals surface area contributed by atoms with Gasteiger partial charge in [0.15, 0.2) is 5.76 Å². The van der Waals surface area contributed by atoms with Gasteiger partial charge in [0.05, 0.1) is 18.4 Å². The number of aromatic nitrogens is 2. The van der Waals surface area contributed by atoms with E-state index in [9.17, 15) is 4.79 Å². The van der Waals surface area contributed by atoms with Crippen molar-refractivity contribution in [2.75, 3.05) is 5.32 Å². The number of carbonyl (C=O) groups is 1. The van der Waals surface area contributed by atoms with Crippen LogP contribution in [0.1, 0.15) is 27.4 Å². The molecule has 0 aliphatic rings. The molecule has 0 atom stereocenters. The SMILES string of the molecule is Cc1ccccc1OCc1ccc(C(=O)Nc2cnn(Cc3ccccc3)c2)o1. The molecule has 0 saturated heterocycles. The first kappa shape index (κ1) is 18.6. The molecular formula is C23H21N3O3. The summed E-state index contributed by atoms with van der Waals surface area (Å²) in [5.41, 5.74) is 2.79. The minimum Gasteiger partial charge on any atom is -0.485 e. The van der Waals surface area contributed by atoms with Crippen LogP contribution in [0, 0.1) is 6.92 Å². The standard InChI is InChI=1S/C23H21N3O3/c1-17-7-5-6-10-21(17)28-16-20-11-12-22(29-20)23(27)25-19-13-24-26(15-19)14-18-8-3-2-4-9-18/h2-13,15H,14,16H2,1H3,(H,25,27). The third-order valence-corrected chi connectivity index (χ3v) is 4.43. The summed E-state index contributed by atoms with van der Waals surface area (Å²) in [5, 5.41) is 7.09. The lowest BCUT2D eigenvalue weighted by atomic mass is 10.2. The van der Waals surface area contributed by atoms with Gasteiger partial charge in [0.2, 0.25) is 0 Å². The van der Waals surface area contributed by atoms with Crippen molar-refractivity contribution < 1.29 is 13.9 Å². The maximum atomic E-state index is 12.4. The highest BCUT2D eigenvalue weighted by atomic mass is 16.5. The van der Waals surface area contributed by atoms with Gasteiger partial charge in [-0.25, -0.2) is 0 Å². The Kier molecular flexibility index (Phi) is 5.42. The molecule has 2 aromatic heterocycles. The first-order chi connectivity index (χ1) is 14.2. The molecule has 4 aromatic rings. The van der Waals surface area contributed by atoms with Crippen molar-refractivity contribution in [3.63, 3.8) is 0 Å². The molecule has 2 aromatic carbocycles. The number of amides is 1. The van der Waals surface area contributed by atoms with E-state index >= 15 is 0 Å². The number of rotatable bonds is 7. The van der Waals surface area contributed by atoms with E-state index in [-0.39, 0.29) is 18.3 Å². The minimum atomic E-state index is -0.327. The van der Waals surface area contributed by atoms with Crippen molar-refractivity contribution in [3.05, 3.63) is 102 Å². The summed E-state index contributed by atoms with van der Waals surface area (Å²) in [4.78, 5) is 12.4. The molecule has 0 aliphatic heterocycles. The Hall–Kier alpha value is -3.80. The van der Waals surface area contributed by atoms with Gasteiger partial charge in [-0.15, -0.1) is 0 Å². The van der Waals surface area contributed by atoms with E-state index in [0.717, 1.165) is 16.9 Å². The number of hydrogen-bond acceptors (Lipinski definition) is 4. The lowest BCUT2D eigenvalue weighted by molar-refractivity contribution is 0.0992. The zero-order chi connectivity index (χ0) is 20.1. The molecule has 0 bridgehead atoms. The van der Waals surface area contributed by atoms with Crippen LogP contribution >= 0.6 is 0 Å². The van der Waals surface area contributed by atoms with Crippen LogP contribution in [0.3, 0.4) is 0 Å². The van der Waals surface area contributed by atoms with Gasteiger partial charge in [-0.2, -0.15) is 5.10 Å². The van der Waals surface area contributed by atoms with Crippen LogP contribution < -0.4 is 10.1 Å². The normalized spacial score (nSPS) is 10.7. The largest absolute Gasteiger partial charge is 0.485 e. The number of para-hydroxylation sites is 1. The van der Waals surface area contributed by atoms with E-state index in [2.05, 4.69) is 10.4 Å². The minimum absolute atomic E-state index is 0.226. The summed E-state index contributed by atoms with van der Waals surface area (Å²) < 4.78 is 13.1. The average molecular weight is 387 g/mol. The highest BCUT2D eigenvalue weighted by Crippen LogP contribution is 2.19. The summed E-state index contributed by atoms with van der Waals surface area (Å²) in [6, 6.07) is 21.1. The van der Waals surface area contributed by atoms with Gasteiger partial charge < -0.3 is 14.5 Å². The Morgan fingerprint density at radius 1 is 1.07 bits per heavy atom. The Morgan fingerprint density at radius 2 is 1.86 bits per heavy atom. The fraction of sp³-hybridized carbons (Fsp3) is 0.130. The second-order valence-corrected chi connectivity index (χ2v) is 6.69. The highest BCUT2D eigenvalue weighted by Gasteiger charge is 2.13. The van der Waals surface area contributed by atoms with Crippen LogP contribution in [0.15, 0.2) is 83.5 Å². The van der Waals surface area contributed by atoms with Gasteiger partial charge >= 0.3 is 0 Å². The van der Waals surface area contributed by atoms with Crippen LogP contribution in [-0.2, 0) is 13.2 Å². The van der Waals surface area contributed by atoms with Crippen LogP contribution in [0.4, 0.5) is 5.69 Å². The molecule has 0 saturated carbocycles. The van der Waals surface area contributed by atoms with Crippen LogP contribution in [0.5, 0.6) is 5.75 Å². The van der Waals surface area contributed by atoms with Crippen LogP contribution in [-0.4, -0.2) is 15.7 Å². The zero-order valence-electron chi connectivity index (χ0n) is 16.0. The summed E-state index contributed by atoms with van der Waals surface area (Å²) in [5.74, 6) is 1.27. The molecule has 29 heavy (non-hydrogen) atoms. The molecular weight excluding hydrogens is 366 g/mol. The Morgan fingerprint density at radius 3 is 2.69 bits per heavy atom. The number of benzene rings is 2.